The summed E-state index contributed by atoms with van der Waals surface area (Å²) in [5, 5.41) is 4.27. The Morgan fingerprint density at radius 3 is 2.58 bits per heavy atom. The van der Waals surface area contributed by atoms with Gasteiger partial charge in [-0.05, 0) is 81.1 Å². The maximum absolute atomic E-state index is 14.5. The van der Waals surface area contributed by atoms with Crippen LogP contribution in [0.3, 0.4) is 0 Å². The highest BCUT2D eigenvalue weighted by molar-refractivity contribution is 6.30. The molecule has 0 bridgehead atoms. The number of benzene rings is 2. The number of carbonyl (C=O) groups excluding carboxylic acids is 1. The zero-order chi connectivity index (χ0) is 30.3. The smallest absolute Gasteiger partial charge is 0.239 e. The molecule has 5 rings (SSSR count). The number of amides is 1. The predicted octanol–water partition coefficient (Wildman–Crippen LogP) is 2.94. The second kappa shape index (κ2) is 15.0. The van der Waals surface area contributed by atoms with Gasteiger partial charge >= 0.3 is 0 Å². The number of rotatable bonds is 11. The van der Waals surface area contributed by atoms with Crippen molar-refractivity contribution in [2.24, 2.45) is 17.4 Å². The summed E-state index contributed by atoms with van der Waals surface area (Å²) in [6.07, 6.45) is 2.66. The molecule has 2 aromatic carbocycles. The first-order chi connectivity index (χ1) is 20.8. The van der Waals surface area contributed by atoms with E-state index in [0.717, 1.165) is 49.6 Å². The van der Waals surface area contributed by atoms with Gasteiger partial charge < -0.3 is 36.1 Å². The molecule has 0 aromatic heterocycles. The van der Waals surface area contributed by atoms with Gasteiger partial charge in [-0.15, -0.1) is 0 Å². The zero-order valence-electron chi connectivity index (χ0n) is 25.2. The van der Waals surface area contributed by atoms with E-state index in [1.807, 2.05) is 30.0 Å². The monoisotopic (exact) mass is 616 g/mol. The number of halogens is 2. The largest absolute Gasteiger partial charge is 0.493 e. The van der Waals surface area contributed by atoms with Crippen molar-refractivity contribution in [3.8, 4) is 5.75 Å². The Hall–Kier alpha value is -2.47. The third kappa shape index (κ3) is 8.17. The van der Waals surface area contributed by atoms with Crippen molar-refractivity contribution in [2.75, 3.05) is 71.0 Å². The summed E-state index contributed by atoms with van der Waals surface area (Å²) < 4.78 is 25.7. The molecule has 3 aliphatic heterocycles. The molecule has 5 N–H and O–H groups in total. The highest BCUT2D eigenvalue weighted by Crippen LogP contribution is 2.27. The minimum atomic E-state index is -0.494. The van der Waals surface area contributed by atoms with Gasteiger partial charge in [-0.3, -0.25) is 9.69 Å². The Bertz CT molecular complexity index is 1220. The van der Waals surface area contributed by atoms with Crippen molar-refractivity contribution in [1.82, 2.24) is 14.7 Å². The van der Waals surface area contributed by atoms with Crippen molar-refractivity contribution in [3.63, 3.8) is 0 Å². The predicted molar refractivity (Wildman–Crippen MR) is 168 cm³/mol. The summed E-state index contributed by atoms with van der Waals surface area (Å²) in [4.78, 5) is 19.8. The van der Waals surface area contributed by atoms with Crippen molar-refractivity contribution in [3.05, 3.63) is 58.4 Å². The fourth-order valence-corrected chi connectivity index (χ4v) is 6.58. The molecule has 0 aliphatic carbocycles. The molecule has 3 saturated heterocycles. The Morgan fingerprint density at radius 1 is 1.12 bits per heavy atom. The topological polar surface area (TPSA) is 109 Å². The van der Waals surface area contributed by atoms with Crippen LogP contribution in [0.25, 0.3) is 0 Å². The number of hydrogen-bond donors (Lipinski definition) is 3. The molecule has 3 heterocycles. The molecule has 236 valence electrons. The van der Waals surface area contributed by atoms with E-state index in [9.17, 15) is 9.18 Å². The molecule has 0 saturated carbocycles. The molecule has 0 radical (unpaired) electrons. The molecule has 3 atom stereocenters. The highest BCUT2D eigenvalue weighted by Gasteiger charge is 2.33. The van der Waals surface area contributed by atoms with E-state index in [0.29, 0.717) is 63.9 Å². The minimum Gasteiger partial charge on any atom is -0.493 e. The van der Waals surface area contributed by atoms with Gasteiger partial charge in [-0.2, -0.15) is 0 Å². The van der Waals surface area contributed by atoms with Gasteiger partial charge in [-0.25, -0.2) is 4.39 Å². The van der Waals surface area contributed by atoms with Gasteiger partial charge in [0.05, 0.1) is 37.9 Å². The zero-order valence-corrected chi connectivity index (χ0v) is 25.9. The van der Waals surface area contributed by atoms with Crippen molar-refractivity contribution in [1.29, 1.82) is 0 Å². The first-order valence-electron chi connectivity index (χ1n) is 15.6. The molecule has 1 amide bonds. The van der Waals surface area contributed by atoms with Crippen molar-refractivity contribution >= 4 is 23.2 Å². The molecule has 11 heteroatoms. The maximum Gasteiger partial charge on any atom is 0.239 e. The van der Waals surface area contributed by atoms with E-state index in [1.165, 1.54) is 11.6 Å². The number of ether oxygens (including phenoxy) is 2. The Labute approximate surface area is 259 Å². The lowest BCUT2D eigenvalue weighted by Gasteiger charge is -2.39. The second-order valence-electron chi connectivity index (χ2n) is 12.0. The van der Waals surface area contributed by atoms with Crippen LogP contribution in [0.5, 0.6) is 5.75 Å². The summed E-state index contributed by atoms with van der Waals surface area (Å²) in [6.45, 7) is 9.30. The molecule has 2 aromatic rings. The fourth-order valence-electron chi connectivity index (χ4n) is 6.39. The second-order valence-corrected chi connectivity index (χ2v) is 12.4. The fraction of sp³-hybridized carbons (Fsp3) is 0.594. The van der Waals surface area contributed by atoms with Crippen LogP contribution in [0.2, 0.25) is 5.02 Å². The van der Waals surface area contributed by atoms with E-state index in [-0.39, 0.29) is 29.7 Å². The van der Waals surface area contributed by atoms with E-state index in [1.54, 1.807) is 12.1 Å². The molecule has 3 aliphatic rings. The van der Waals surface area contributed by atoms with Crippen LogP contribution in [0.15, 0.2) is 36.4 Å². The third-order valence-electron chi connectivity index (χ3n) is 9.10. The number of piperazine rings is 1. The van der Waals surface area contributed by atoms with Crippen LogP contribution in [0, 0.1) is 11.7 Å². The van der Waals surface area contributed by atoms with Gasteiger partial charge in [0, 0.05) is 55.5 Å². The molecule has 0 unspecified atom stereocenters. The summed E-state index contributed by atoms with van der Waals surface area (Å²) >= 11 is 6.34. The van der Waals surface area contributed by atoms with Crippen LogP contribution in [-0.2, 0) is 22.5 Å². The van der Waals surface area contributed by atoms with Gasteiger partial charge in [0.2, 0.25) is 5.91 Å². The number of anilines is 1. The van der Waals surface area contributed by atoms with Gasteiger partial charge in [0.25, 0.3) is 0 Å². The van der Waals surface area contributed by atoms with E-state index in [4.69, 9.17) is 32.5 Å². The summed E-state index contributed by atoms with van der Waals surface area (Å²) in [6, 6.07) is 10.5. The average Bonchev–Trinajstić information content (AvgIpc) is 3.42. The van der Waals surface area contributed by atoms with Crippen LogP contribution in [0.4, 0.5) is 10.1 Å². The van der Waals surface area contributed by atoms with Crippen LogP contribution in [0.1, 0.15) is 30.9 Å². The summed E-state index contributed by atoms with van der Waals surface area (Å²) in [5.41, 5.74) is 15.5. The number of nitrogens with one attached hydrogen (secondary N) is 1. The highest BCUT2D eigenvalue weighted by atomic mass is 35.5. The number of nitrogens with zero attached hydrogens (tertiary/aromatic N) is 3. The van der Waals surface area contributed by atoms with Gasteiger partial charge in [0.15, 0.2) is 0 Å². The van der Waals surface area contributed by atoms with E-state index < -0.39 is 6.04 Å². The molecular weight excluding hydrogens is 571 g/mol. The van der Waals surface area contributed by atoms with Crippen LogP contribution < -0.4 is 21.5 Å². The van der Waals surface area contributed by atoms with Gasteiger partial charge in [0.1, 0.15) is 11.6 Å². The standard InChI is InChI=1S/C32H46ClFN6O3/c1-2-43-30-5-3-4-26(34)25(30)19-39-14-16-40(17-15-39)32(41)31(36)22-8-11-38(12-9-22)13-10-23-18-24(33)6-7-28(23)37-29-21-42-20-27(29)35/h3-7,18,22,27,29,31,37H,2,8-17,19-21,35-36H2,1H3/t27-,29+,31+/m0/s1. The first-order valence-corrected chi connectivity index (χ1v) is 16.0. The first kappa shape index (κ1) is 31.9. The van der Waals surface area contributed by atoms with Crippen LogP contribution >= 0.6 is 11.6 Å². The van der Waals surface area contributed by atoms with Crippen LogP contribution in [-0.4, -0.2) is 104 Å². The normalized spacial score (nSPS) is 23.0. The molecule has 0 spiro atoms. The number of piperidine rings is 1. The lowest BCUT2D eigenvalue weighted by Crippen LogP contribution is -2.55. The molecule has 3 fully saturated rings. The SMILES string of the molecule is CCOc1cccc(F)c1CN1CCN(C(=O)[C@H](N)C2CCN(CCc3cc(Cl)ccc3N[C@@H]3COC[C@@H]3N)CC2)CC1. The Kier molecular flexibility index (Phi) is 11.1. The van der Waals surface area contributed by atoms with Crippen molar-refractivity contribution in [2.45, 2.75) is 50.9 Å². The molecule has 43 heavy (non-hydrogen) atoms. The summed E-state index contributed by atoms with van der Waals surface area (Å²) in [5.74, 6) is 0.526. The number of hydrogen-bond acceptors (Lipinski definition) is 8. The van der Waals surface area contributed by atoms with Crippen molar-refractivity contribution < 1.29 is 18.7 Å². The number of nitrogens with two attached hydrogens (primary N) is 2. The van der Waals surface area contributed by atoms with E-state index >= 15 is 0 Å². The molecule has 9 nitrogen and oxygen atoms in total. The quantitative estimate of drug-likeness (QED) is 0.354. The van der Waals surface area contributed by atoms with E-state index in [2.05, 4.69) is 15.1 Å². The molecular formula is C32H46ClFN6O3. The lowest BCUT2D eigenvalue weighted by atomic mass is 9.88. The maximum atomic E-state index is 14.5. The number of likely N-dealkylation sites (tertiary alicyclic amines) is 1. The minimum absolute atomic E-state index is 0.0222. The lowest BCUT2D eigenvalue weighted by molar-refractivity contribution is -0.136. The Morgan fingerprint density at radius 2 is 1.88 bits per heavy atom. The summed E-state index contributed by atoms with van der Waals surface area (Å²) in [7, 11) is 0. The van der Waals surface area contributed by atoms with Gasteiger partial charge in [-0.1, -0.05) is 17.7 Å². The average molecular weight is 617 g/mol. The third-order valence-corrected chi connectivity index (χ3v) is 9.33. The Balaban J connectivity index is 1.06. The number of carbonyl (C=O) groups is 1.